The molecule has 1 N–H and O–H groups in total. The van der Waals surface area contributed by atoms with Crippen molar-refractivity contribution in [1.82, 2.24) is 14.9 Å². The zero-order valence-corrected chi connectivity index (χ0v) is 7.92. The van der Waals surface area contributed by atoms with E-state index in [4.69, 9.17) is 0 Å². The number of rotatable bonds is 1. The Hall–Kier alpha value is -1.16. The zero-order chi connectivity index (χ0) is 9.42. The van der Waals surface area contributed by atoms with Crippen LogP contribution in [0.15, 0.2) is 4.79 Å². The van der Waals surface area contributed by atoms with E-state index < -0.39 is 0 Å². The average Bonchev–Trinajstić information content (AvgIpc) is 2.53. The van der Waals surface area contributed by atoms with Crippen molar-refractivity contribution in [2.45, 2.75) is 33.5 Å². The summed E-state index contributed by atoms with van der Waals surface area (Å²) in [6, 6.07) is 0. The minimum absolute atomic E-state index is 0.120. The molecule has 0 aliphatic carbocycles. The monoisotopic (exact) mass is 179 g/mol. The van der Waals surface area contributed by atoms with Crippen LogP contribution in [0.4, 0.5) is 0 Å². The van der Waals surface area contributed by atoms with Gasteiger partial charge in [0.2, 0.25) is 0 Å². The Bertz CT molecular complexity index is 388. The van der Waals surface area contributed by atoms with Crippen molar-refractivity contribution < 1.29 is 0 Å². The van der Waals surface area contributed by atoms with E-state index >= 15 is 0 Å². The van der Waals surface area contributed by atoms with Gasteiger partial charge in [-0.2, -0.15) is 0 Å². The van der Waals surface area contributed by atoms with E-state index in [2.05, 4.69) is 10.3 Å². The second kappa shape index (κ2) is 2.96. The second-order valence-corrected chi connectivity index (χ2v) is 3.24. The Kier molecular flexibility index (Phi) is 1.92. The molecule has 70 valence electrons. The smallest absolute Gasteiger partial charge is 0.258 e. The molecular weight excluding hydrogens is 166 g/mol. The molecule has 2 heterocycles. The zero-order valence-electron chi connectivity index (χ0n) is 7.92. The summed E-state index contributed by atoms with van der Waals surface area (Å²) < 4.78 is 1.71. The highest BCUT2D eigenvalue weighted by molar-refractivity contribution is 5.22. The molecule has 4 nitrogen and oxygen atoms in total. The molecule has 1 aliphatic rings. The normalized spacial score (nSPS) is 14.6. The van der Waals surface area contributed by atoms with Gasteiger partial charge in [0, 0.05) is 19.6 Å². The minimum Gasteiger partial charge on any atom is -0.307 e. The summed E-state index contributed by atoms with van der Waals surface area (Å²) in [5.74, 6) is 0.815. The van der Waals surface area contributed by atoms with E-state index in [9.17, 15) is 4.79 Å². The van der Waals surface area contributed by atoms with Crippen LogP contribution in [-0.4, -0.2) is 9.55 Å². The lowest BCUT2D eigenvalue weighted by molar-refractivity contribution is 0.662. The van der Waals surface area contributed by atoms with Crippen LogP contribution in [0.25, 0.3) is 0 Å². The largest absolute Gasteiger partial charge is 0.307 e. The lowest BCUT2D eigenvalue weighted by Gasteiger charge is -2.07. The predicted molar refractivity (Wildman–Crippen MR) is 49.5 cm³/mol. The van der Waals surface area contributed by atoms with Gasteiger partial charge in [-0.25, -0.2) is 4.98 Å². The van der Waals surface area contributed by atoms with Gasteiger partial charge in [0.1, 0.15) is 5.82 Å². The van der Waals surface area contributed by atoms with Gasteiger partial charge in [-0.1, -0.05) is 0 Å². The second-order valence-electron chi connectivity index (χ2n) is 3.24. The van der Waals surface area contributed by atoms with E-state index in [1.54, 1.807) is 4.57 Å². The van der Waals surface area contributed by atoms with Crippen LogP contribution in [0.3, 0.4) is 0 Å². The summed E-state index contributed by atoms with van der Waals surface area (Å²) in [5, 5.41) is 3.13. The molecule has 4 heteroatoms. The quantitative estimate of drug-likeness (QED) is 0.668. The number of hydrogen-bond donors (Lipinski definition) is 1. The molecule has 0 spiro atoms. The SMILES string of the molecule is CCn1c(C)nc2c(c1=O)CNC2. The van der Waals surface area contributed by atoms with Crippen LogP contribution in [0.2, 0.25) is 0 Å². The van der Waals surface area contributed by atoms with E-state index in [0.717, 1.165) is 23.6 Å². The minimum atomic E-state index is 0.120. The van der Waals surface area contributed by atoms with Crippen molar-refractivity contribution in [1.29, 1.82) is 0 Å². The fourth-order valence-corrected chi connectivity index (χ4v) is 1.76. The van der Waals surface area contributed by atoms with Crippen LogP contribution < -0.4 is 10.9 Å². The van der Waals surface area contributed by atoms with Gasteiger partial charge in [-0.3, -0.25) is 9.36 Å². The highest BCUT2D eigenvalue weighted by Gasteiger charge is 2.17. The fraction of sp³-hybridized carbons (Fsp3) is 0.556. The highest BCUT2D eigenvalue weighted by atomic mass is 16.1. The Morgan fingerprint density at radius 3 is 3.00 bits per heavy atom. The maximum absolute atomic E-state index is 11.8. The molecule has 0 atom stereocenters. The first-order valence-corrected chi connectivity index (χ1v) is 4.54. The number of hydrogen-bond acceptors (Lipinski definition) is 3. The maximum atomic E-state index is 11.8. The van der Waals surface area contributed by atoms with Gasteiger partial charge in [0.05, 0.1) is 11.3 Å². The molecule has 0 aromatic carbocycles. The van der Waals surface area contributed by atoms with Crippen molar-refractivity contribution in [2.75, 3.05) is 0 Å². The third-order valence-electron chi connectivity index (χ3n) is 2.45. The number of nitrogens with zero attached hydrogens (tertiary/aromatic N) is 2. The van der Waals surface area contributed by atoms with Crippen LogP contribution >= 0.6 is 0 Å². The molecule has 1 aromatic heterocycles. The summed E-state index contributed by atoms with van der Waals surface area (Å²) in [7, 11) is 0. The van der Waals surface area contributed by atoms with E-state index in [1.165, 1.54) is 0 Å². The van der Waals surface area contributed by atoms with Crippen molar-refractivity contribution in [3.8, 4) is 0 Å². The summed E-state index contributed by atoms with van der Waals surface area (Å²) >= 11 is 0. The molecule has 1 aliphatic heterocycles. The first-order valence-electron chi connectivity index (χ1n) is 4.54. The number of aromatic nitrogens is 2. The van der Waals surface area contributed by atoms with Crippen molar-refractivity contribution in [3.63, 3.8) is 0 Å². The molecule has 0 bridgehead atoms. The molecule has 1 aromatic rings. The van der Waals surface area contributed by atoms with Gasteiger partial charge >= 0.3 is 0 Å². The Balaban J connectivity index is 2.70. The number of nitrogens with one attached hydrogen (secondary N) is 1. The maximum Gasteiger partial charge on any atom is 0.258 e. The van der Waals surface area contributed by atoms with Gasteiger partial charge in [0.25, 0.3) is 5.56 Å². The standard InChI is InChI=1S/C9H13N3O/c1-3-12-6(2)11-8-5-10-4-7(8)9(12)13/h10H,3-5H2,1-2H3. The molecule has 0 saturated heterocycles. The average molecular weight is 179 g/mol. The summed E-state index contributed by atoms with van der Waals surface area (Å²) in [6.45, 7) is 5.94. The van der Waals surface area contributed by atoms with Crippen LogP contribution in [0, 0.1) is 6.92 Å². The first-order chi connectivity index (χ1) is 6.24. The molecular formula is C9H13N3O. The lowest BCUT2D eigenvalue weighted by atomic mass is 10.2. The molecule has 0 unspecified atom stereocenters. The highest BCUT2D eigenvalue weighted by Crippen LogP contribution is 2.08. The van der Waals surface area contributed by atoms with Crippen molar-refractivity contribution >= 4 is 0 Å². The molecule has 2 rings (SSSR count). The third kappa shape index (κ3) is 1.18. The summed E-state index contributed by atoms with van der Waals surface area (Å²) in [6.07, 6.45) is 0. The van der Waals surface area contributed by atoms with Gasteiger partial charge in [-0.15, -0.1) is 0 Å². The predicted octanol–water partition coefficient (Wildman–Crippen LogP) is 0.175. The Labute approximate surface area is 76.6 Å². The molecule has 0 amide bonds. The summed E-state index contributed by atoms with van der Waals surface area (Å²) in [4.78, 5) is 16.2. The van der Waals surface area contributed by atoms with Gasteiger partial charge in [-0.05, 0) is 13.8 Å². The van der Waals surface area contributed by atoms with E-state index in [-0.39, 0.29) is 5.56 Å². The third-order valence-corrected chi connectivity index (χ3v) is 2.45. The summed E-state index contributed by atoms with van der Waals surface area (Å²) in [5.41, 5.74) is 1.88. The molecule has 13 heavy (non-hydrogen) atoms. The number of aryl methyl sites for hydroxylation is 1. The molecule has 0 fully saturated rings. The van der Waals surface area contributed by atoms with Crippen molar-refractivity contribution in [3.05, 3.63) is 27.4 Å². The van der Waals surface area contributed by atoms with Crippen LogP contribution in [0.5, 0.6) is 0 Å². The Morgan fingerprint density at radius 2 is 2.31 bits per heavy atom. The number of fused-ring (bicyclic) bond motifs is 1. The van der Waals surface area contributed by atoms with Crippen LogP contribution in [0.1, 0.15) is 24.0 Å². The topological polar surface area (TPSA) is 46.9 Å². The van der Waals surface area contributed by atoms with Crippen LogP contribution in [-0.2, 0) is 19.6 Å². The van der Waals surface area contributed by atoms with Crippen molar-refractivity contribution in [2.24, 2.45) is 0 Å². The van der Waals surface area contributed by atoms with E-state index in [0.29, 0.717) is 13.1 Å². The lowest BCUT2D eigenvalue weighted by Crippen LogP contribution is -2.26. The first kappa shape index (κ1) is 8.44. The van der Waals surface area contributed by atoms with Gasteiger partial charge < -0.3 is 5.32 Å². The Morgan fingerprint density at radius 1 is 1.54 bits per heavy atom. The fourth-order valence-electron chi connectivity index (χ4n) is 1.76. The molecule has 0 saturated carbocycles. The van der Waals surface area contributed by atoms with E-state index in [1.807, 2.05) is 13.8 Å². The molecule has 0 radical (unpaired) electrons. The van der Waals surface area contributed by atoms with Gasteiger partial charge in [0.15, 0.2) is 0 Å².